The largest absolute Gasteiger partial charge is 0.379 e. The van der Waals surface area contributed by atoms with Gasteiger partial charge in [0.05, 0.1) is 19.3 Å². The van der Waals surface area contributed by atoms with Crippen molar-refractivity contribution < 1.29 is 9.47 Å². The summed E-state index contributed by atoms with van der Waals surface area (Å²) < 4.78 is 11.9. The van der Waals surface area contributed by atoms with Gasteiger partial charge in [0.2, 0.25) is 0 Å². The first kappa shape index (κ1) is 29.6. The molecular formula is C28H56N2O2. The average molecular weight is 453 g/mol. The molecule has 1 fully saturated rings. The number of ether oxygens (including phenoxy) is 2. The van der Waals surface area contributed by atoms with Crippen LogP contribution in [0.1, 0.15) is 116 Å². The molecule has 1 aliphatic rings. The van der Waals surface area contributed by atoms with Crippen molar-refractivity contribution in [3.05, 3.63) is 12.2 Å². The minimum absolute atomic E-state index is 0.172. The van der Waals surface area contributed by atoms with Crippen LogP contribution in [0.5, 0.6) is 0 Å². The lowest BCUT2D eigenvalue weighted by Gasteiger charge is -2.30. The molecule has 1 atom stereocenters. The van der Waals surface area contributed by atoms with E-state index in [1.54, 1.807) is 0 Å². The Balaban J connectivity index is 1.87. The molecule has 1 rings (SSSR count). The highest BCUT2D eigenvalue weighted by Gasteiger charge is 2.17. The van der Waals surface area contributed by atoms with Gasteiger partial charge in [-0.2, -0.15) is 0 Å². The minimum Gasteiger partial charge on any atom is -0.379 e. The van der Waals surface area contributed by atoms with Crippen LogP contribution in [0.4, 0.5) is 0 Å². The zero-order chi connectivity index (χ0) is 23.0. The summed E-state index contributed by atoms with van der Waals surface area (Å²) in [4.78, 5) is 2.53. The molecule has 0 aromatic carbocycles. The first-order valence-electron chi connectivity index (χ1n) is 14.1. The van der Waals surface area contributed by atoms with Crippen molar-refractivity contribution in [2.75, 3.05) is 46.0 Å². The smallest absolute Gasteiger partial charge is 0.0935 e. The van der Waals surface area contributed by atoms with E-state index in [4.69, 9.17) is 15.2 Å². The van der Waals surface area contributed by atoms with Crippen LogP contribution >= 0.6 is 0 Å². The molecule has 2 N–H and O–H groups in total. The number of nitrogens with two attached hydrogens (primary N) is 1. The van der Waals surface area contributed by atoms with Crippen LogP contribution in [0.2, 0.25) is 0 Å². The molecule has 0 bridgehead atoms. The second-order valence-corrected chi connectivity index (χ2v) is 9.66. The van der Waals surface area contributed by atoms with Gasteiger partial charge in [-0.3, -0.25) is 0 Å². The first-order chi connectivity index (χ1) is 15.9. The summed E-state index contributed by atoms with van der Waals surface area (Å²) in [5.74, 6) is 0. The van der Waals surface area contributed by atoms with Crippen molar-refractivity contribution in [3.63, 3.8) is 0 Å². The quantitative estimate of drug-likeness (QED) is 0.136. The molecule has 1 saturated heterocycles. The highest BCUT2D eigenvalue weighted by molar-refractivity contribution is 4.81. The van der Waals surface area contributed by atoms with Crippen molar-refractivity contribution in [1.82, 2.24) is 4.90 Å². The monoisotopic (exact) mass is 452 g/mol. The molecule has 1 heterocycles. The molecule has 0 aromatic rings. The van der Waals surface area contributed by atoms with Gasteiger partial charge in [-0.1, -0.05) is 83.3 Å². The fourth-order valence-electron chi connectivity index (χ4n) is 4.48. The topological polar surface area (TPSA) is 47.7 Å². The Morgan fingerprint density at radius 3 is 1.97 bits per heavy atom. The Kier molecular flexibility index (Phi) is 22.0. The number of rotatable bonds is 23. The zero-order valence-corrected chi connectivity index (χ0v) is 21.5. The highest BCUT2D eigenvalue weighted by atomic mass is 16.5. The Bertz CT molecular complexity index is 397. The maximum Gasteiger partial charge on any atom is 0.0935 e. The number of unbranched alkanes of at least 4 members (excludes halogenated alkanes) is 12. The van der Waals surface area contributed by atoms with E-state index in [2.05, 4.69) is 24.0 Å². The third-order valence-electron chi connectivity index (χ3n) is 6.49. The van der Waals surface area contributed by atoms with Crippen molar-refractivity contribution in [2.45, 2.75) is 122 Å². The predicted octanol–water partition coefficient (Wildman–Crippen LogP) is 6.87. The second-order valence-electron chi connectivity index (χ2n) is 9.66. The number of hydrogen-bond donors (Lipinski definition) is 1. The molecule has 4 nitrogen and oxygen atoms in total. The second kappa shape index (κ2) is 23.7. The van der Waals surface area contributed by atoms with Crippen molar-refractivity contribution in [3.8, 4) is 0 Å². The lowest BCUT2D eigenvalue weighted by Crippen LogP contribution is -2.40. The molecule has 0 spiro atoms. The van der Waals surface area contributed by atoms with Crippen LogP contribution in [0.15, 0.2) is 12.2 Å². The Labute approximate surface area is 200 Å². The molecule has 1 aliphatic heterocycles. The standard InChI is InChI=1S/C28H56N2O2/c1-2-3-4-5-6-7-8-9-10-11-12-13-14-15-16-20-24-31-27-28(32-25-21-29)26-30-22-18-17-19-23-30/h9-10,28H,2-8,11-27,29H2,1H3/b10-9-. The summed E-state index contributed by atoms with van der Waals surface area (Å²) in [6.45, 7) is 8.49. The van der Waals surface area contributed by atoms with E-state index < -0.39 is 0 Å². The van der Waals surface area contributed by atoms with Crippen LogP contribution < -0.4 is 5.73 Å². The van der Waals surface area contributed by atoms with E-state index in [0.717, 1.165) is 13.2 Å². The Morgan fingerprint density at radius 1 is 0.750 bits per heavy atom. The van der Waals surface area contributed by atoms with E-state index in [9.17, 15) is 0 Å². The fraction of sp³-hybridized carbons (Fsp3) is 0.929. The predicted molar refractivity (Wildman–Crippen MR) is 139 cm³/mol. The summed E-state index contributed by atoms with van der Waals surface area (Å²) in [6.07, 6.45) is 27.8. The van der Waals surface area contributed by atoms with Crippen LogP contribution in [0.3, 0.4) is 0 Å². The van der Waals surface area contributed by atoms with E-state index in [-0.39, 0.29) is 6.10 Å². The summed E-state index contributed by atoms with van der Waals surface area (Å²) in [7, 11) is 0. The lowest BCUT2D eigenvalue weighted by molar-refractivity contribution is -0.0326. The minimum atomic E-state index is 0.172. The van der Waals surface area contributed by atoms with Gasteiger partial charge >= 0.3 is 0 Å². The van der Waals surface area contributed by atoms with Crippen molar-refractivity contribution in [2.24, 2.45) is 5.73 Å². The van der Waals surface area contributed by atoms with Crippen molar-refractivity contribution in [1.29, 1.82) is 0 Å². The van der Waals surface area contributed by atoms with Gasteiger partial charge in [0.15, 0.2) is 0 Å². The maximum atomic E-state index is 5.95. The van der Waals surface area contributed by atoms with E-state index in [1.165, 1.54) is 122 Å². The van der Waals surface area contributed by atoms with Gasteiger partial charge in [-0.25, -0.2) is 0 Å². The van der Waals surface area contributed by atoms with E-state index >= 15 is 0 Å². The van der Waals surface area contributed by atoms with Crippen LogP contribution in [-0.2, 0) is 9.47 Å². The zero-order valence-electron chi connectivity index (χ0n) is 21.5. The van der Waals surface area contributed by atoms with Crippen LogP contribution in [0, 0.1) is 0 Å². The SMILES string of the molecule is CCCCCCCC/C=C\CCCCCCCCOCC(CN1CCCCC1)OCCN. The van der Waals surface area contributed by atoms with Crippen molar-refractivity contribution >= 4 is 0 Å². The van der Waals surface area contributed by atoms with Gasteiger partial charge in [0.25, 0.3) is 0 Å². The Hall–Kier alpha value is -0.420. The summed E-state index contributed by atoms with van der Waals surface area (Å²) in [5.41, 5.74) is 5.63. The number of allylic oxidation sites excluding steroid dienone is 2. The number of hydrogen-bond acceptors (Lipinski definition) is 4. The molecule has 0 saturated carbocycles. The molecule has 0 aromatic heterocycles. The third-order valence-corrected chi connectivity index (χ3v) is 6.49. The van der Waals surface area contributed by atoms with Crippen LogP contribution in [0.25, 0.3) is 0 Å². The molecule has 0 aliphatic carbocycles. The van der Waals surface area contributed by atoms with Gasteiger partial charge in [-0.15, -0.1) is 0 Å². The number of likely N-dealkylation sites (tertiary alicyclic amines) is 1. The number of nitrogens with zero attached hydrogens (tertiary/aromatic N) is 1. The molecule has 4 heteroatoms. The molecule has 32 heavy (non-hydrogen) atoms. The molecule has 0 amide bonds. The van der Waals surface area contributed by atoms with E-state index in [1.807, 2.05) is 0 Å². The fourth-order valence-corrected chi connectivity index (χ4v) is 4.48. The highest BCUT2D eigenvalue weighted by Crippen LogP contribution is 2.12. The number of piperidine rings is 1. The molecule has 1 unspecified atom stereocenters. The van der Waals surface area contributed by atoms with Gasteiger partial charge < -0.3 is 20.1 Å². The van der Waals surface area contributed by atoms with Gasteiger partial charge in [-0.05, 0) is 58.0 Å². The summed E-state index contributed by atoms with van der Waals surface area (Å²) in [5, 5.41) is 0. The Morgan fingerprint density at radius 2 is 1.34 bits per heavy atom. The molecular weight excluding hydrogens is 396 g/mol. The first-order valence-corrected chi connectivity index (χ1v) is 14.1. The summed E-state index contributed by atoms with van der Waals surface area (Å²) in [6, 6.07) is 0. The molecule has 0 radical (unpaired) electrons. The normalized spacial score (nSPS) is 16.2. The van der Waals surface area contributed by atoms with Gasteiger partial charge in [0, 0.05) is 19.7 Å². The molecule has 190 valence electrons. The average Bonchev–Trinajstić information content (AvgIpc) is 2.82. The summed E-state index contributed by atoms with van der Waals surface area (Å²) >= 11 is 0. The lowest BCUT2D eigenvalue weighted by atomic mass is 10.1. The maximum absolute atomic E-state index is 5.95. The van der Waals surface area contributed by atoms with E-state index in [0.29, 0.717) is 19.8 Å². The van der Waals surface area contributed by atoms with Gasteiger partial charge in [0.1, 0.15) is 0 Å². The van der Waals surface area contributed by atoms with Crippen LogP contribution in [-0.4, -0.2) is 57.0 Å². The third kappa shape index (κ3) is 19.1.